The summed E-state index contributed by atoms with van der Waals surface area (Å²) in [7, 11) is -1.88. The highest BCUT2D eigenvalue weighted by molar-refractivity contribution is 6.60. The topological polar surface area (TPSA) is 92.8 Å². The third kappa shape index (κ3) is 4.66. The fourth-order valence-corrected chi connectivity index (χ4v) is 1.54. The van der Waals surface area contributed by atoms with Crippen molar-refractivity contribution in [3.63, 3.8) is 0 Å². The standard InChI is InChI=1S/C13H17BF3NO5/c1-11(2,19)12(3,4)23-14(20)9-5-8(13(15,16)17)6-10(7-9)18(21)22/h5-7,19-20H,1-4H3. The summed E-state index contributed by atoms with van der Waals surface area (Å²) in [6, 6.07) is 1.73. The third-order valence-electron chi connectivity index (χ3n) is 3.64. The fraction of sp³-hybridized carbons (Fsp3) is 0.538. The predicted octanol–water partition coefficient (Wildman–Crippen LogP) is 1.87. The Labute approximate surface area is 131 Å². The third-order valence-corrected chi connectivity index (χ3v) is 3.64. The van der Waals surface area contributed by atoms with Gasteiger partial charge in [0.15, 0.2) is 0 Å². The van der Waals surface area contributed by atoms with Gasteiger partial charge in [-0.3, -0.25) is 10.1 Å². The Morgan fingerprint density at radius 3 is 2.09 bits per heavy atom. The second-order valence-corrected chi connectivity index (χ2v) is 6.11. The average molecular weight is 335 g/mol. The van der Waals surface area contributed by atoms with Crippen LogP contribution in [0.4, 0.5) is 18.9 Å². The number of nitro groups is 1. The van der Waals surface area contributed by atoms with Crippen LogP contribution in [0, 0.1) is 10.1 Å². The molecule has 2 N–H and O–H groups in total. The van der Waals surface area contributed by atoms with Crippen molar-refractivity contribution in [2.75, 3.05) is 0 Å². The van der Waals surface area contributed by atoms with E-state index in [-0.39, 0.29) is 0 Å². The van der Waals surface area contributed by atoms with Gasteiger partial charge in [-0.2, -0.15) is 13.2 Å². The molecule has 1 aromatic carbocycles. The molecule has 0 unspecified atom stereocenters. The normalized spacial score (nSPS) is 13.1. The molecule has 23 heavy (non-hydrogen) atoms. The molecule has 10 heteroatoms. The molecule has 0 aromatic heterocycles. The fourth-order valence-electron chi connectivity index (χ4n) is 1.54. The maximum absolute atomic E-state index is 12.8. The van der Waals surface area contributed by atoms with Crippen molar-refractivity contribution >= 4 is 18.3 Å². The molecule has 0 aliphatic carbocycles. The van der Waals surface area contributed by atoms with Gasteiger partial charge in [-0.25, -0.2) is 0 Å². The van der Waals surface area contributed by atoms with Crippen molar-refractivity contribution < 1.29 is 32.9 Å². The van der Waals surface area contributed by atoms with E-state index in [9.17, 15) is 33.4 Å². The average Bonchev–Trinajstić information content (AvgIpc) is 2.35. The van der Waals surface area contributed by atoms with Gasteiger partial charge in [-0.05, 0) is 39.2 Å². The molecular formula is C13H17BF3NO5. The maximum Gasteiger partial charge on any atom is 0.491 e. The number of benzene rings is 1. The van der Waals surface area contributed by atoms with Crippen LogP contribution in [-0.4, -0.2) is 33.4 Å². The lowest BCUT2D eigenvalue weighted by molar-refractivity contribution is -0.385. The molecule has 0 fully saturated rings. The van der Waals surface area contributed by atoms with E-state index in [0.29, 0.717) is 12.1 Å². The highest BCUT2D eigenvalue weighted by Crippen LogP contribution is 2.31. The van der Waals surface area contributed by atoms with Crippen LogP contribution in [0.15, 0.2) is 18.2 Å². The number of hydrogen-bond donors (Lipinski definition) is 2. The molecule has 0 bridgehead atoms. The van der Waals surface area contributed by atoms with E-state index in [4.69, 9.17) is 4.65 Å². The number of hydrogen-bond acceptors (Lipinski definition) is 5. The van der Waals surface area contributed by atoms with E-state index in [0.717, 1.165) is 6.07 Å². The van der Waals surface area contributed by atoms with E-state index < -0.39 is 46.1 Å². The van der Waals surface area contributed by atoms with Crippen LogP contribution in [-0.2, 0) is 10.8 Å². The molecule has 1 aromatic rings. The number of rotatable bonds is 5. The van der Waals surface area contributed by atoms with E-state index in [1.807, 2.05) is 0 Å². The number of nitro benzene ring substituents is 1. The minimum Gasteiger partial charge on any atom is -0.423 e. The highest BCUT2D eigenvalue weighted by Gasteiger charge is 2.41. The summed E-state index contributed by atoms with van der Waals surface area (Å²) in [5.74, 6) is 0. The molecular weight excluding hydrogens is 318 g/mol. The summed E-state index contributed by atoms with van der Waals surface area (Å²) in [6.07, 6.45) is -4.81. The maximum atomic E-state index is 12.8. The van der Waals surface area contributed by atoms with Crippen LogP contribution in [0.5, 0.6) is 0 Å². The molecule has 128 valence electrons. The zero-order chi connectivity index (χ0) is 18.2. The van der Waals surface area contributed by atoms with Gasteiger partial charge in [-0.15, -0.1) is 0 Å². The molecule has 0 atom stereocenters. The smallest absolute Gasteiger partial charge is 0.423 e. The Hall–Kier alpha value is -1.65. The molecule has 0 saturated carbocycles. The summed E-state index contributed by atoms with van der Waals surface area (Å²) in [5, 5.41) is 30.7. The summed E-state index contributed by atoms with van der Waals surface area (Å²) >= 11 is 0. The van der Waals surface area contributed by atoms with Crippen LogP contribution >= 0.6 is 0 Å². The SMILES string of the molecule is CC(C)(O)C(C)(C)OB(O)c1cc([N+](=O)[O-])cc(C(F)(F)F)c1. The zero-order valence-corrected chi connectivity index (χ0v) is 13.0. The quantitative estimate of drug-likeness (QED) is 0.487. The largest absolute Gasteiger partial charge is 0.491 e. The van der Waals surface area contributed by atoms with Crippen LogP contribution < -0.4 is 5.46 Å². The van der Waals surface area contributed by atoms with E-state index in [1.54, 1.807) is 0 Å². The summed E-state index contributed by atoms with van der Waals surface area (Å²) < 4.78 is 43.7. The molecule has 1 rings (SSSR count). The van der Waals surface area contributed by atoms with Crippen molar-refractivity contribution in [2.24, 2.45) is 0 Å². The molecule has 0 aliphatic heterocycles. The van der Waals surface area contributed by atoms with Crippen LogP contribution in [0.1, 0.15) is 33.3 Å². The zero-order valence-electron chi connectivity index (χ0n) is 13.0. The monoisotopic (exact) mass is 335 g/mol. The van der Waals surface area contributed by atoms with Crippen molar-refractivity contribution in [1.82, 2.24) is 0 Å². The first-order chi connectivity index (χ1) is 10.1. The predicted molar refractivity (Wildman–Crippen MR) is 77.2 cm³/mol. The van der Waals surface area contributed by atoms with Crippen molar-refractivity contribution in [3.05, 3.63) is 33.9 Å². The van der Waals surface area contributed by atoms with Gasteiger partial charge >= 0.3 is 13.3 Å². The van der Waals surface area contributed by atoms with Gasteiger partial charge in [0.1, 0.15) is 0 Å². The Balaban J connectivity index is 3.26. The van der Waals surface area contributed by atoms with Gasteiger partial charge in [0, 0.05) is 12.1 Å². The van der Waals surface area contributed by atoms with Crippen LogP contribution in [0.25, 0.3) is 0 Å². The summed E-state index contributed by atoms with van der Waals surface area (Å²) in [5.41, 5.74) is -5.26. The molecule has 0 spiro atoms. The molecule has 0 saturated heterocycles. The molecule has 0 amide bonds. The Morgan fingerprint density at radius 2 is 1.70 bits per heavy atom. The van der Waals surface area contributed by atoms with Crippen molar-refractivity contribution in [1.29, 1.82) is 0 Å². The van der Waals surface area contributed by atoms with Gasteiger partial charge in [0.25, 0.3) is 5.69 Å². The minimum absolute atomic E-state index is 0.372. The molecule has 6 nitrogen and oxygen atoms in total. The molecule has 0 radical (unpaired) electrons. The van der Waals surface area contributed by atoms with Crippen molar-refractivity contribution in [3.8, 4) is 0 Å². The highest BCUT2D eigenvalue weighted by atomic mass is 19.4. The lowest BCUT2D eigenvalue weighted by atomic mass is 9.75. The van der Waals surface area contributed by atoms with E-state index in [1.165, 1.54) is 27.7 Å². The van der Waals surface area contributed by atoms with Crippen molar-refractivity contribution in [2.45, 2.75) is 45.1 Å². The molecule has 0 heterocycles. The molecule has 0 aliphatic rings. The first kappa shape index (κ1) is 19.4. The number of non-ortho nitro benzene ring substituents is 1. The number of nitrogens with zero attached hydrogens (tertiary/aromatic N) is 1. The second-order valence-electron chi connectivity index (χ2n) is 6.11. The first-order valence-electron chi connectivity index (χ1n) is 6.60. The Kier molecular flexibility index (Phi) is 5.15. The minimum atomic E-state index is -4.81. The lowest BCUT2D eigenvalue weighted by Crippen LogP contribution is -2.53. The number of alkyl halides is 3. The van der Waals surface area contributed by atoms with Gasteiger partial charge < -0.3 is 14.8 Å². The van der Waals surface area contributed by atoms with E-state index in [2.05, 4.69) is 0 Å². The van der Waals surface area contributed by atoms with Gasteiger partial charge in [0.05, 0.1) is 21.7 Å². The van der Waals surface area contributed by atoms with Gasteiger partial charge in [-0.1, -0.05) is 0 Å². The lowest BCUT2D eigenvalue weighted by Gasteiger charge is -2.38. The van der Waals surface area contributed by atoms with Crippen LogP contribution in [0.2, 0.25) is 0 Å². The van der Waals surface area contributed by atoms with E-state index >= 15 is 0 Å². The second kappa shape index (κ2) is 6.10. The van der Waals surface area contributed by atoms with Gasteiger partial charge in [0.2, 0.25) is 0 Å². The number of halogens is 3. The Bertz CT molecular complexity index is 598. The first-order valence-corrected chi connectivity index (χ1v) is 6.60. The van der Waals surface area contributed by atoms with Crippen LogP contribution in [0.3, 0.4) is 0 Å². The number of aliphatic hydroxyl groups is 1. The Morgan fingerprint density at radius 1 is 1.17 bits per heavy atom. The summed E-state index contributed by atoms with van der Waals surface area (Å²) in [4.78, 5) is 9.78. The summed E-state index contributed by atoms with van der Waals surface area (Å²) in [6.45, 7) is 5.65.